The molecule has 1 aromatic rings. The molecule has 1 aliphatic heterocycles. The Morgan fingerprint density at radius 2 is 2.25 bits per heavy atom. The van der Waals surface area contributed by atoms with Gasteiger partial charge >= 0.3 is 0 Å². The van der Waals surface area contributed by atoms with Crippen molar-refractivity contribution in [3.63, 3.8) is 0 Å². The first kappa shape index (κ1) is 13.9. The van der Waals surface area contributed by atoms with Crippen LogP contribution in [-0.4, -0.2) is 13.2 Å². The quantitative estimate of drug-likeness (QED) is 0.901. The molecule has 1 fully saturated rings. The van der Waals surface area contributed by atoms with Crippen LogP contribution in [0.2, 0.25) is 0 Å². The molecule has 1 unspecified atom stereocenters. The van der Waals surface area contributed by atoms with E-state index >= 15 is 0 Å². The third kappa shape index (κ3) is 3.17. The standard InChI is InChI=1S/C18H27NO/c1-18(2)9-4-5-14(11-18)13-20-17-7-3-6-15-12-19-10-8-16(15)17/h3,6-7,14,19H,4-5,8-13H2,1-2H3. The molecule has 0 saturated heterocycles. The lowest BCUT2D eigenvalue weighted by atomic mass is 9.72. The summed E-state index contributed by atoms with van der Waals surface area (Å²) in [6, 6.07) is 6.50. The summed E-state index contributed by atoms with van der Waals surface area (Å²) in [5.41, 5.74) is 3.35. The van der Waals surface area contributed by atoms with Gasteiger partial charge in [0.25, 0.3) is 0 Å². The highest BCUT2D eigenvalue weighted by atomic mass is 16.5. The second kappa shape index (κ2) is 5.77. The minimum Gasteiger partial charge on any atom is -0.493 e. The van der Waals surface area contributed by atoms with E-state index in [1.807, 2.05) is 0 Å². The van der Waals surface area contributed by atoms with Crippen LogP contribution in [0, 0.1) is 11.3 Å². The van der Waals surface area contributed by atoms with Crippen molar-refractivity contribution in [2.24, 2.45) is 11.3 Å². The van der Waals surface area contributed by atoms with Gasteiger partial charge in [-0.05, 0) is 60.8 Å². The smallest absolute Gasteiger partial charge is 0.122 e. The molecule has 0 spiro atoms. The van der Waals surface area contributed by atoms with E-state index in [4.69, 9.17) is 4.74 Å². The van der Waals surface area contributed by atoms with E-state index in [-0.39, 0.29) is 0 Å². The Kier molecular flexibility index (Phi) is 4.02. The van der Waals surface area contributed by atoms with Crippen molar-refractivity contribution in [2.45, 2.75) is 52.5 Å². The van der Waals surface area contributed by atoms with Crippen LogP contribution in [0.4, 0.5) is 0 Å². The average molecular weight is 273 g/mol. The van der Waals surface area contributed by atoms with E-state index in [9.17, 15) is 0 Å². The fraction of sp³-hybridized carbons (Fsp3) is 0.667. The van der Waals surface area contributed by atoms with Gasteiger partial charge in [0.2, 0.25) is 0 Å². The molecular weight excluding hydrogens is 246 g/mol. The Morgan fingerprint density at radius 3 is 3.10 bits per heavy atom. The normalized spacial score (nSPS) is 25.0. The van der Waals surface area contributed by atoms with Crippen LogP contribution < -0.4 is 10.1 Å². The molecule has 0 amide bonds. The molecule has 1 aromatic carbocycles. The maximum absolute atomic E-state index is 6.21. The first-order valence-corrected chi connectivity index (χ1v) is 8.08. The predicted molar refractivity (Wildman–Crippen MR) is 83.1 cm³/mol. The predicted octanol–water partition coefficient (Wildman–Crippen LogP) is 3.93. The van der Waals surface area contributed by atoms with Gasteiger partial charge in [0.1, 0.15) is 5.75 Å². The van der Waals surface area contributed by atoms with Crippen molar-refractivity contribution in [2.75, 3.05) is 13.2 Å². The van der Waals surface area contributed by atoms with Crippen LogP contribution in [0.5, 0.6) is 5.75 Å². The van der Waals surface area contributed by atoms with Crippen molar-refractivity contribution in [3.05, 3.63) is 29.3 Å². The summed E-state index contributed by atoms with van der Waals surface area (Å²) < 4.78 is 6.21. The molecule has 1 atom stereocenters. The summed E-state index contributed by atoms with van der Waals surface area (Å²) in [5, 5.41) is 3.43. The number of benzene rings is 1. The molecule has 1 heterocycles. The highest BCUT2D eigenvalue weighted by Gasteiger charge is 2.28. The maximum atomic E-state index is 6.21. The third-order valence-electron chi connectivity index (χ3n) is 4.88. The molecule has 1 saturated carbocycles. The van der Waals surface area contributed by atoms with Gasteiger partial charge in [-0.3, -0.25) is 0 Å². The molecule has 110 valence electrons. The van der Waals surface area contributed by atoms with E-state index in [1.54, 1.807) is 0 Å². The molecule has 20 heavy (non-hydrogen) atoms. The number of hydrogen-bond donors (Lipinski definition) is 1. The van der Waals surface area contributed by atoms with Crippen LogP contribution in [0.1, 0.15) is 50.7 Å². The minimum atomic E-state index is 0.506. The lowest BCUT2D eigenvalue weighted by Gasteiger charge is -2.35. The first-order chi connectivity index (χ1) is 9.64. The second-order valence-corrected chi connectivity index (χ2v) is 7.26. The summed E-state index contributed by atoms with van der Waals surface area (Å²) in [6.45, 7) is 7.75. The molecule has 0 aromatic heterocycles. The largest absolute Gasteiger partial charge is 0.493 e. The average Bonchev–Trinajstić information content (AvgIpc) is 2.44. The zero-order valence-electron chi connectivity index (χ0n) is 12.9. The Morgan fingerprint density at radius 1 is 1.35 bits per heavy atom. The molecule has 1 aliphatic carbocycles. The summed E-state index contributed by atoms with van der Waals surface area (Å²) in [4.78, 5) is 0. The zero-order valence-corrected chi connectivity index (χ0v) is 12.9. The van der Waals surface area contributed by atoms with Gasteiger partial charge in [0.15, 0.2) is 0 Å². The van der Waals surface area contributed by atoms with Gasteiger partial charge in [0.05, 0.1) is 6.61 Å². The summed E-state index contributed by atoms with van der Waals surface area (Å²) >= 11 is 0. The fourth-order valence-electron chi connectivity index (χ4n) is 3.84. The van der Waals surface area contributed by atoms with Crippen molar-refractivity contribution >= 4 is 0 Å². The number of hydrogen-bond acceptors (Lipinski definition) is 2. The highest BCUT2D eigenvalue weighted by molar-refractivity contribution is 5.41. The lowest BCUT2D eigenvalue weighted by molar-refractivity contribution is 0.129. The maximum Gasteiger partial charge on any atom is 0.122 e. The topological polar surface area (TPSA) is 21.3 Å². The van der Waals surface area contributed by atoms with Gasteiger partial charge in [-0.1, -0.05) is 32.4 Å². The zero-order chi connectivity index (χ0) is 14.0. The molecule has 1 N–H and O–H groups in total. The van der Waals surface area contributed by atoms with Gasteiger partial charge in [-0.15, -0.1) is 0 Å². The number of fused-ring (bicyclic) bond motifs is 1. The Labute approximate surface area is 122 Å². The summed E-state index contributed by atoms with van der Waals surface area (Å²) in [5.74, 6) is 1.86. The molecular formula is C18H27NO. The summed E-state index contributed by atoms with van der Waals surface area (Å²) in [7, 11) is 0. The number of ether oxygens (including phenoxy) is 1. The third-order valence-corrected chi connectivity index (χ3v) is 4.88. The number of rotatable bonds is 3. The van der Waals surface area contributed by atoms with E-state index in [1.165, 1.54) is 36.8 Å². The van der Waals surface area contributed by atoms with E-state index in [2.05, 4.69) is 37.4 Å². The highest BCUT2D eigenvalue weighted by Crippen LogP contribution is 2.39. The van der Waals surface area contributed by atoms with E-state index in [0.29, 0.717) is 5.41 Å². The lowest BCUT2D eigenvalue weighted by Crippen LogP contribution is -2.27. The Hall–Kier alpha value is -1.02. The van der Waals surface area contributed by atoms with E-state index < -0.39 is 0 Å². The SMILES string of the molecule is CC1(C)CCCC(COc2cccc3c2CCNC3)C1. The molecule has 2 aliphatic rings. The van der Waals surface area contributed by atoms with E-state index in [0.717, 1.165) is 37.8 Å². The second-order valence-electron chi connectivity index (χ2n) is 7.26. The monoisotopic (exact) mass is 273 g/mol. The molecule has 0 radical (unpaired) electrons. The molecule has 0 bridgehead atoms. The van der Waals surface area contributed by atoms with Gasteiger partial charge in [-0.25, -0.2) is 0 Å². The minimum absolute atomic E-state index is 0.506. The first-order valence-electron chi connectivity index (χ1n) is 8.08. The number of nitrogens with one attached hydrogen (secondary N) is 1. The van der Waals surface area contributed by atoms with Crippen molar-refractivity contribution < 1.29 is 4.74 Å². The fourth-order valence-corrected chi connectivity index (χ4v) is 3.84. The van der Waals surface area contributed by atoms with Crippen LogP contribution >= 0.6 is 0 Å². The van der Waals surface area contributed by atoms with Crippen LogP contribution in [0.25, 0.3) is 0 Å². The molecule has 2 nitrogen and oxygen atoms in total. The van der Waals surface area contributed by atoms with Gasteiger partial charge in [-0.2, -0.15) is 0 Å². The Balaban J connectivity index is 1.64. The van der Waals surface area contributed by atoms with Gasteiger partial charge in [0, 0.05) is 6.54 Å². The van der Waals surface area contributed by atoms with Gasteiger partial charge < -0.3 is 10.1 Å². The van der Waals surface area contributed by atoms with Crippen LogP contribution in [0.3, 0.4) is 0 Å². The van der Waals surface area contributed by atoms with Crippen LogP contribution in [0.15, 0.2) is 18.2 Å². The molecule has 3 rings (SSSR count). The van der Waals surface area contributed by atoms with Crippen molar-refractivity contribution in [1.29, 1.82) is 0 Å². The van der Waals surface area contributed by atoms with Crippen molar-refractivity contribution in [3.8, 4) is 5.75 Å². The summed E-state index contributed by atoms with van der Waals surface area (Å²) in [6.07, 6.45) is 6.47. The molecule has 2 heteroatoms. The van der Waals surface area contributed by atoms with Crippen LogP contribution in [-0.2, 0) is 13.0 Å². The van der Waals surface area contributed by atoms with Crippen molar-refractivity contribution in [1.82, 2.24) is 5.32 Å². The Bertz CT molecular complexity index is 466.